The molecule has 2 N–H and O–H groups in total. The Kier molecular flexibility index (Phi) is 2.81. The Morgan fingerprint density at radius 3 is 2.79 bits per heavy atom. The fourth-order valence-electron chi connectivity index (χ4n) is 2.49. The molecule has 2 aromatic carbocycles. The Morgan fingerprint density at radius 2 is 1.95 bits per heavy atom. The SMILES string of the molecule is NC(=O)c1cccc2c1-c1ccccc1CCC#C2. The van der Waals surface area contributed by atoms with Crippen molar-refractivity contribution in [2.45, 2.75) is 12.8 Å². The summed E-state index contributed by atoms with van der Waals surface area (Å²) in [6.07, 6.45) is 1.73. The van der Waals surface area contributed by atoms with Gasteiger partial charge in [-0.25, -0.2) is 0 Å². The Morgan fingerprint density at radius 1 is 1.11 bits per heavy atom. The predicted molar refractivity (Wildman–Crippen MR) is 75.6 cm³/mol. The van der Waals surface area contributed by atoms with E-state index in [-0.39, 0.29) is 0 Å². The van der Waals surface area contributed by atoms with Crippen molar-refractivity contribution in [1.82, 2.24) is 0 Å². The zero-order chi connectivity index (χ0) is 13.2. The molecular formula is C17H13NO. The maximum absolute atomic E-state index is 11.7. The summed E-state index contributed by atoms with van der Waals surface area (Å²) in [6, 6.07) is 13.7. The van der Waals surface area contributed by atoms with Gasteiger partial charge in [0, 0.05) is 23.1 Å². The largest absolute Gasteiger partial charge is 0.366 e. The summed E-state index contributed by atoms with van der Waals surface area (Å²) in [6.45, 7) is 0. The van der Waals surface area contributed by atoms with Gasteiger partial charge in [0.15, 0.2) is 0 Å². The quantitative estimate of drug-likeness (QED) is 0.774. The van der Waals surface area contributed by atoms with E-state index >= 15 is 0 Å². The molecule has 2 nitrogen and oxygen atoms in total. The van der Waals surface area contributed by atoms with E-state index in [4.69, 9.17) is 5.73 Å². The molecule has 92 valence electrons. The monoisotopic (exact) mass is 247 g/mol. The van der Waals surface area contributed by atoms with Crippen molar-refractivity contribution in [3.8, 4) is 23.0 Å². The number of aryl methyl sites for hydroxylation is 1. The highest BCUT2D eigenvalue weighted by Gasteiger charge is 2.16. The van der Waals surface area contributed by atoms with Crippen molar-refractivity contribution in [3.63, 3.8) is 0 Å². The van der Waals surface area contributed by atoms with Crippen LogP contribution in [0, 0.1) is 11.8 Å². The number of hydrogen-bond donors (Lipinski definition) is 1. The Labute approximate surface area is 112 Å². The predicted octanol–water partition coefficient (Wildman–Crippen LogP) is 2.75. The first kappa shape index (κ1) is 11.6. The van der Waals surface area contributed by atoms with Crippen LogP contribution in [0.2, 0.25) is 0 Å². The Balaban J connectivity index is 2.38. The third-order valence-corrected chi connectivity index (χ3v) is 3.36. The Bertz CT molecular complexity index is 720. The van der Waals surface area contributed by atoms with E-state index < -0.39 is 5.91 Å². The highest BCUT2D eigenvalue weighted by Crippen LogP contribution is 2.31. The van der Waals surface area contributed by atoms with E-state index in [0.717, 1.165) is 29.5 Å². The van der Waals surface area contributed by atoms with Gasteiger partial charge >= 0.3 is 0 Å². The van der Waals surface area contributed by atoms with Crippen molar-refractivity contribution in [2.75, 3.05) is 0 Å². The van der Waals surface area contributed by atoms with Crippen LogP contribution in [0.25, 0.3) is 11.1 Å². The lowest BCUT2D eigenvalue weighted by Gasteiger charge is -2.15. The van der Waals surface area contributed by atoms with Crippen LogP contribution in [0.1, 0.15) is 27.9 Å². The Hall–Kier alpha value is -2.53. The fraction of sp³-hybridized carbons (Fsp3) is 0.118. The van der Waals surface area contributed by atoms with Gasteiger partial charge in [0.1, 0.15) is 0 Å². The van der Waals surface area contributed by atoms with Gasteiger partial charge in [-0.1, -0.05) is 42.2 Å². The third kappa shape index (κ3) is 2.00. The maximum atomic E-state index is 11.7. The number of rotatable bonds is 1. The lowest BCUT2D eigenvalue weighted by molar-refractivity contribution is 0.100. The lowest BCUT2D eigenvalue weighted by atomic mass is 9.88. The molecule has 2 aromatic rings. The maximum Gasteiger partial charge on any atom is 0.249 e. The minimum Gasteiger partial charge on any atom is -0.366 e. The number of benzene rings is 2. The van der Waals surface area contributed by atoms with Crippen LogP contribution in [-0.2, 0) is 6.42 Å². The zero-order valence-corrected chi connectivity index (χ0v) is 10.4. The summed E-state index contributed by atoms with van der Waals surface area (Å²) in [4.78, 5) is 11.7. The second-order valence-electron chi connectivity index (χ2n) is 4.55. The van der Waals surface area contributed by atoms with Crippen molar-refractivity contribution >= 4 is 5.91 Å². The third-order valence-electron chi connectivity index (χ3n) is 3.36. The van der Waals surface area contributed by atoms with Gasteiger partial charge in [-0.05, 0) is 29.7 Å². The smallest absolute Gasteiger partial charge is 0.249 e. The number of primary amides is 1. The molecule has 3 rings (SSSR count). The molecule has 0 atom stereocenters. The topological polar surface area (TPSA) is 43.1 Å². The number of carbonyl (C=O) groups excluding carboxylic acids is 1. The molecule has 2 heteroatoms. The number of carbonyl (C=O) groups is 1. The molecule has 0 fully saturated rings. The van der Waals surface area contributed by atoms with Crippen LogP contribution in [0.15, 0.2) is 42.5 Å². The first-order valence-electron chi connectivity index (χ1n) is 6.27. The minimum absolute atomic E-state index is 0.408. The molecule has 1 amide bonds. The van der Waals surface area contributed by atoms with Gasteiger partial charge in [-0.15, -0.1) is 0 Å². The average molecular weight is 247 g/mol. The molecule has 19 heavy (non-hydrogen) atoms. The lowest BCUT2D eigenvalue weighted by Crippen LogP contribution is -2.13. The van der Waals surface area contributed by atoms with Crippen molar-refractivity contribution in [3.05, 3.63) is 59.2 Å². The summed E-state index contributed by atoms with van der Waals surface area (Å²) >= 11 is 0. The molecule has 0 bridgehead atoms. The zero-order valence-electron chi connectivity index (χ0n) is 10.4. The fourth-order valence-corrected chi connectivity index (χ4v) is 2.49. The molecular weight excluding hydrogens is 234 g/mol. The van der Waals surface area contributed by atoms with Gasteiger partial charge in [0.05, 0.1) is 0 Å². The van der Waals surface area contributed by atoms with E-state index in [1.807, 2.05) is 30.3 Å². The second kappa shape index (κ2) is 4.62. The number of nitrogens with two attached hydrogens (primary N) is 1. The van der Waals surface area contributed by atoms with E-state index in [0.29, 0.717) is 5.56 Å². The van der Waals surface area contributed by atoms with E-state index in [2.05, 4.69) is 17.9 Å². The van der Waals surface area contributed by atoms with E-state index in [1.54, 1.807) is 6.07 Å². The van der Waals surface area contributed by atoms with Crippen LogP contribution >= 0.6 is 0 Å². The summed E-state index contributed by atoms with van der Waals surface area (Å²) in [5.74, 6) is 5.88. The van der Waals surface area contributed by atoms with Gasteiger partial charge in [0.2, 0.25) is 5.91 Å². The first-order chi connectivity index (χ1) is 9.27. The molecule has 1 aliphatic rings. The normalized spacial score (nSPS) is 12.2. The molecule has 0 spiro atoms. The molecule has 0 unspecified atom stereocenters. The van der Waals surface area contributed by atoms with Crippen LogP contribution in [-0.4, -0.2) is 5.91 Å². The van der Waals surface area contributed by atoms with Crippen LogP contribution in [0.3, 0.4) is 0 Å². The van der Waals surface area contributed by atoms with Crippen LogP contribution < -0.4 is 5.73 Å². The summed E-state index contributed by atoms with van der Waals surface area (Å²) in [7, 11) is 0. The van der Waals surface area contributed by atoms with E-state index in [1.165, 1.54) is 5.56 Å². The van der Waals surface area contributed by atoms with Crippen molar-refractivity contribution < 1.29 is 4.79 Å². The van der Waals surface area contributed by atoms with E-state index in [9.17, 15) is 4.79 Å². The average Bonchev–Trinajstić information content (AvgIpc) is 2.41. The molecule has 0 saturated heterocycles. The van der Waals surface area contributed by atoms with Crippen LogP contribution in [0.4, 0.5) is 0 Å². The molecule has 0 saturated carbocycles. The highest BCUT2D eigenvalue weighted by molar-refractivity contribution is 6.01. The molecule has 1 aliphatic carbocycles. The molecule has 0 heterocycles. The number of amides is 1. The number of fused-ring (bicyclic) bond motifs is 3. The van der Waals surface area contributed by atoms with Gasteiger partial charge in [0.25, 0.3) is 0 Å². The van der Waals surface area contributed by atoms with Crippen LogP contribution in [0.5, 0.6) is 0 Å². The van der Waals surface area contributed by atoms with Gasteiger partial charge in [-0.3, -0.25) is 4.79 Å². The van der Waals surface area contributed by atoms with Crippen molar-refractivity contribution in [2.24, 2.45) is 5.73 Å². The number of hydrogen-bond acceptors (Lipinski definition) is 1. The van der Waals surface area contributed by atoms with Crippen molar-refractivity contribution in [1.29, 1.82) is 0 Å². The van der Waals surface area contributed by atoms with Gasteiger partial charge in [-0.2, -0.15) is 0 Å². The molecule has 0 radical (unpaired) electrons. The second-order valence-corrected chi connectivity index (χ2v) is 4.55. The van der Waals surface area contributed by atoms with Gasteiger partial charge < -0.3 is 5.73 Å². The summed E-state index contributed by atoms with van der Waals surface area (Å²) < 4.78 is 0. The standard InChI is InChI=1S/C17H13NO/c18-17(19)15-11-5-9-13-8-2-1-6-12-7-3-4-10-14(12)16(13)15/h3-5,7,9-11H,1,6H2,(H2,18,19). The minimum atomic E-state index is -0.408. The molecule has 0 aromatic heterocycles. The molecule has 0 aliphatic heterocycles. The summed E-state index contributed by atoms with van der Waals surface area (Å²) in [5.41, 5.74) is 10.1. The highest BCUT2D eigenvalue weighted by atomic mass is 16.1. The first-order valence-corrected chi connectivity index (χ1v) is 6.27. The summed E-state index contributed by atoms with van der Waals surface area (Å²) in [5, 5.41) is 0.